The standard InChI is InChI=1S/C17H16N2OS.H2O4S/c20-14-10-18-16(11-6-2-1-3-7-11)15-12-8-4-5-9-13(12)21-17(15)19-14;1-5(2,3)4/h1-3,6-7H,4-5,8-10H2,(H,19,20);(H2,1,2,3,4). The number of nitrogens with one attached hydrogen (secondary N) is 1. The maximum absolute atomic E-state index is 11.9. The molecule has 26 heavy (non-hydrogen) atoms. The van der Waals surface area contributed by atoms with Crippen molar-refractivity contribution in [2.24, 2.45) is 4.99 Å². The molecule has 0 unspecified atom stereocenters. The molecule has 138 valence electrons. The van der Waals surface area contributed by atoms with Gasteiger partial charge in [-0.05, 0) is 31.2 Å². The van der Waals surface area contributed by atoms with Crippen molar-refractivity contribution in [2.45, 2.75) is 25.7 Å². The number of carbonyl (C=O) groups excluding carboxylic acids is 1. The molecule has 0 bridgehead atoms. The van der Waals surface area contributed by atoms with E-state index in [1.165, 1.54) is 28.8 Å². The molecule has 1 aliphatic carbocycles. The van der Waals surface area contributed by atoms with Crippen molar-refractivity contribution in [1.29, 1.82) is 0 Å². The van der Waals surface area contributed by atoms with Gasteiger partial charge in [0.2, 0.25) is 5.91 Å². The van der Waals surface area contributed by atoms with Crippen molar-refractivity contribution >= 4 is 38.4 Å². The molecule has 0 fully saturated rings. The number of thiophene rings is 1. The van der Waals surface area contributed by atoms with Crippen molar-refractivity contribution in [1.82, 2.24) is 0 Å². The summed E-state index contributed by atoms with van der Waals surface area (Å²) in [5.74, 6) is -0.0132. The first-order valence-electron chi connectivity index (χ1n) is 8.07. The number of aryl methyl sites for hydroxylation is 1. The monoisotopic (exact) mass is 394 g/mol. The molecule has 1 aliphatic heterocycles. The van der Waals surface area contributed by atoms with Gasteiger partial charge in [0.05, 0.1) is 5.71 Å². The zero-order chi connectivity index (χ0) is 18.7. The van der Waals surface area contributed by atoms with E-state index in [2.05, 4.69) is 22.4 Å². The number of fused-ring (bicyclic) bond motifs is 3. The van der Waals surface area contributed by atoms with E-state index in [0.717, 1.165) is 29.1 Å². The highest BCUT2D eigenvalue weighted by molar-refractivity contribution is 7.79. The normalized spacial score (nSPS) is 16.2. The summed E-state index contributed by atoms with van der Waals surface area (Å²) >= 11 is 1.74. The van der Waals surface area contributed by atoms with Crippen LogP contribution in [-0.2, 0) is 28.0 Å². The van der Waals surface area contributed by atoms with Crippen LogP contribution in [0.25, 0.3) is 0 Å². The van der Waals surface area contributed by atoms with Gasteiger partial charge in [0.15, 0.2) is 0 Å². The van der Waals surface area contributed by atoms with Crippen LogP contribution in [0.1, 0.15) is 34.4 Å². The summed E-state index contributed by atoms with van der Waals surface area (Å²) in [5.41, 5.74) is 4.66. The van der Waals surface area contributed by atoms with Crippen LogP contribution in [0, 0.1) is 0 Å². The van der Waals surface area contributed by atoms with Gasteiger partial charge in [-0.15, -0.1) is 11.3 Å². The van der Waals surface area contributed by atoms with Gasteiger partial charge in [-0.3, -0.25) is 18.9 Å². The molecule has 0 radical (unpaired) electrons. The Bertz CT molecular complexity index is 941. The lowest BCUT2D eigenvalue weighted by Gasteiger charge is -2.14. The SMILES string of the molecule is O=C1CN=C(c2ccccc2)c2c(sc3c2CCCC3)N1.O=S(=O)(O)O. The Labute approximate surface area is 155 Å². The molecule has 1 amide bonds. The predicted octanol–water partition coefficient (Wildman–Crippen LogP) is 2.76. The van der Waals surface area contributed by atoms with Crippen LogP contribution in [0.15, 0.2) is 35.3 Å². The van der Waals surface area contributed by atoms with Gasteiger partial charge in [0, 0.05) is 16.0 Å². The lowest BCUT2D eigenvalue weighted by atomic mass is 9.91. The van der Waals surface area contributed by atoms with Crippen LogP contribution in [0.5, 0.6) is 0 Å². The Balaban J connectivity index is 0.000000349. The van der Waals surface area contributed by atoms with Crippen LogP contribution in [0.4, 0.5) is 5.00 Å². The molecule has 1 aromatic carbocycles. The summed E-state index contributed by atoms with van der Waals surface area (Å²) in [5, 5.41) is 4.04. The van der Waals surface area contributed by atoms with Crippen molar-refractivity contribution < 1.29 is 22.3 Å². The number of nitrogens with zero attached hydrogens (tertiary/aromatic N) is 1. The highest BCUT2D eigenvalue weighted by atomic mass is 32.3. The van der Waals surface area contributed by atoms with Crippen LogP contribution < -0.4 is 5.32 Å². The van der Waals surface area contributed by atoms with Gasteiger partial charge < -0.3 is 5.32 Å². The van der Waals surface area contributed by atoms with E-state index in [0.29, 0.717) is 0 Å². The number of carbonyl (C=O) groups is 1. The number of benzene rings is 1. The summed E-state index contributed by atoms with van der Waals surface area (Å²) in [6.07, 6.45) is 4.71. The Morgan fingerprint density at radius 2 is 1.73 bits per heavy atom. The van der Waals surface area contributed by atoms with Gasteiger partial charge in [-0.1, -0.05) is 30.3 Å². The number of hydrogen-bond acceptors (Lipinski definition) is 5. The fourth-order valence-corrected chi connectivity index (χ4v) is 4.44. The highest BCUT2D eigenvalue weighted by Gasteiger charge is 2.27. The maximum Gasteiger partial charge on any atom is 0.394 e. The zero-order valence-electron chi connectivity index (χ0n) is 13.8. The average Bonchev–Trinajstić information content (AvgIpc) is 2.84. The van der Waals surface area contributed by atoms with Crippen LogP contribution in [0.2, 0.25) is 0 Å². The lowest BCUT2D eigenvalue weighted by molar-refractivity contribution is -0.114. The molecule has 4 rings (SSSR count). The van der Waals surface area contributed by atoms with Gasteiger partial charge in [-0.2, -0.15) is 8.42 Å². The fourth-order valence-electron chi connectivity index (χ4n) is 3.13. The summed E-state index contributed by atoms with van der Waals surface area (Å²) in [6.45, 7) is 0.209. The van der Waals surface area contributed by atoms with Crippen molar-refractivity contribution in [3.8, 4) is 0 Å². The second-order valence-corrected chi connectivity index (χ2v) is 7.94. The minimum absolute atomic E-state index is 0.0132. The zero-order valence-corrected chi connectivity index (χ0v) is 15.4. The fraction of sp³-hybridized carbons (Fsp3) is 0.294. The maximum atomic E-state index is 11.9. The van der Waals surface area contributed by atoms with Crippen LogP contribution in [-0.4, -0.2) is 35.7 Å². The third-order valence-electron chi connectivity index (χ3n) is 4.09. The molecule has 3 N–H and O–H groups in total. The molecule has 1 aromatic heterocycles. The Morgan fingerprint density at radius 1 is 1.08 bits per heavy atom. The minimum Gasteiger partial charge on any atom is -0.316 e. The topological polar surface area (TPSA) is 116 Å². The number of anilines is 1. The molecule has 7 nitrogen and oxygen atoms in total. The summed E-state index contributed by atoms with van der Waals surface area (Å²) < 4.78 is 31.6. The lowest BCUT2D eigenvalue weighted by Crippen LogP contribution is -2.12. The highest BCUT2D eigenvalue weighted by Crippen LogP contribution is 2.40. The number of hydrogen-bond donors (Lipinski definition) is 3. The summed E-state index contributed by atoms with van der Waals surface area (Å²) in [6, 6.07) is 10.2. The number of amides is 1. The molecule has 0 saturated heterocycles. The first kappa shape index (κ1) is 18.7. The first-order valence-corrected chi connectivity index (χ1v) is 10.3. The van der Waals surface area contributed by atoms with Gasteiger partial charge in [0.1, 0.15) is 11.5 Å². The van der Waals surface area contributed by atoms with E-state index in [1.807, 2.05) is 18.2 Å². The second kappa shape index (κ2) is 7.67. The first-order chi connectivity index (χ1) is 12.3. The number of aliphatic imine (C=N–C) groups is 1. The van der Waals surface area contributed by atoms with E-state index in [-0.39, 0.29) is 12.5 Å². The molecule has 0 spiro atoms. The molecule has 0 saturated carbocycles. The van der Waals surface area contributed by atoms with Crippen molar-refractivity contribution in [3.63, 3.8) is 0 Å². The molecule has 2 aromatic rings. The third-order valence-corrected chi connectivity index (χ3v) is 5.30. The molecule has 2 heterocycles. The smallest absolute Gasteiger partial charge is 0.316 e. The van der Waals surface area contributed by atoms with Gasteiger partial charge in [0.25, 0.3) is 0 Å². The van der Waals surface area contributed by atoms with Crippen molar-refractivity contribution in [3.05, 3.63) is 51.9 Å². The van der Waals surface area contributed by atoms with Crippen molar-refractivity contribution in [2.75, 3.05) is 11.9 Å². The second-order valence-electron chi connectivity index (χ2n) is 5.94. The third kappa shape index (κ3) is 4.55. The predicted molar refractivity (Wildman–Crippen MR) is 101 cm³/mol. The van der Waals surface area contributed by atoms with E-state index >= 15 is 0 Å². The van der Waals surface area contributed by atoms with Gasteiger partial charge in [-0.25, -0.2) is 0 Å². The largest absolute Gasteiger partial charge is 0.394 e. The summed E-state index contributed by atoms with van der Waals surface area (Å²) in [4.78, 5) is 18.0. The van der Waals surface area contributed by atoms with Crippen LogP contribution in [0.3, 0.4) is 0 Å². The minimum atomic E-state index is -4.67. The molecular formula is C17H18N2O5S2. The van der Waals surface area contributed by atoms with E-state index in [9.17, 15) is 4.79 Å². The quantitative estimate of drug-likeness (QED) is 0.643. The summed E-state index contributed by atoms with van der Waals surface area (Å²) in [7, 11) is -4.67. The molecular weight excluding hydrogens is 376 g/mol. The Morgan fingerprint density at radius 3 is 2.42 bits per heavy atom. The Hall–Kier alpha value is -2.07. The molecule has 9 heteroatoms. The van der Waals surface area contributed by atoms with Gasteiger partial charge >= 0.3 is 10.4 Å². The van der Waals surface area contributed by atoms with Crippen LogP contribution >= 0.6 is 11.3 Å². The average molecular weight is 394 g/mol. The Kier molecular flexibility index (Phi) is 5.52. The molecule has 0 atom stereocenters. The van der Waals surface area contributed by atoms with E-state index in [1.54, 1.807) is 11.3 Å². The number of rotatable bonds is 1. The molecule has 2 aliphatic rings. The van der Waals surface area contributed by atoms with E-state index in [4.69, 9.17) is 17.5 Å². The van der Waals surface area contributed by atoms with E-state index < -0.39 is 10.4 Å².